The first-order valence-corrected chi connectivity index (χ1v) is 17.5. The first kappa shape index (κ1) is 29.3. The average molecular weight is 631 g/mol. The van der Waals surface area contributed by atoms with Crippen molar-refractivity contribution in [2.45, 2.75) is 32.1 Å². The lowest BCUT2D eigenvalue weighted by Crippen LogP contribution is -2.23. The molecular weight excluding hydrogens is 593 g/mol. The Morgan fingerprint density at radius 2 is 1.08 bits per heavy atom. The van der Waals surface area contributed by atoms with Crippen LogP contribution in [0.1, 0.15) is 37.8 Å². The Hall–Kier alpha value is -5.86. The van der Waals surface area contributed by atoms with Crippen molar-refractivity contribution in [2.24, 2.45) is 0 Å². The molecule has 0 aliphatic heterocycles. The van der Waals surface area contributed by atoms with Crippen molar-refractivity contribution in [3.63, 3.8) is 0 Å². The summed E-state index contributed by atoms with van der Waals surface area (Å²) in [6, 6.07) is 62.3. The van der Waals surface area contributed by atoms with Crippen LogP contribution in [0.15, 0.2) is 170 Å². The molecule has 1 heterocycles. The number of hydrogen-bond acceptors (Lipinski definition) is 1. The maximum absolute atomic E-state index is 2.47. The number of fused-ring (bicyclic) bond motifs is 6. The van der Waals surface area contributed by atoms with Gasteiger partial charge >= 0.3 is 0 Å². The molecule has 49 heavy (non-hydrogen) atoms. The molecule has 2 heteroatoms. The van der Waals surface area contributed by atoms with Crippen LogP contribution in [0.5, 0.6) is 0 Å². The molecule has 0 spiro atoms. The smallest absolute Gasteiger partial charge is 0.0619 e. The Bertz CT molecular complexity index is 2470. The van der Waals surface area contributed by atoms with Crippen LogP contribution in [-0.4, -0.2) is 4.57 Å². The predicted octanol–water partition coefficient (Wildman–Crippen LogP) is 13.0. The number of para-hydroxylation sites is 4. The number of anilines is 3. The Labute approximate surface area is 288 Å². The van der Waals surface area contributed by atoms with E-state index in [0.29, 0.717) is 0 Å². The first-order chi connectivity index (χ1) is 24.2. The van der Waals surface area contributed by atoms with Crippen molar-refractivity contribution < 1.29 is 0 Å². The monoisotopic (exact) mass is 630 g/mol. The Balaban J connectivity index is 1.25. The van der Waals surface area contributed by atoms with Crippen molar-refractivity contribution in [1.82, 2.24) is 4.57 Å². The molecule has 236 valence electrons. The fraction of sp³-hybridized carbons (Fsp3) is 0.106. The molecule has 1 aromatic heterocycles. The lowest BCUT2D eigenvalue weighted by Gasteiger charge is -2.31. The lowest BCUT2D eigenvalue weighted by molar-refractivity contribution is 0.490. The minimum atomic E-state index is 0.00659. The van der Waals surface area contributed by atoms with Gasteiger partial charge in [0.15, 0.2) is 0 Å². The zero-order valence-corrected chi connectivity index (χ0v) is 28.0. The predicted molar refractivity (Wildman–Crippen MR) is 208 cm³/mol. The number of aromatic nitrogens is 1. The molecule has 1 aliphatic carbocycles. The van der Waals surface area contributed by atoms with Crippen molar-refractivity contribution in [1.29, 1.82) is 0 Å². The van der Waals surface area contributed by atoms with Crippen LogP contribution in [0.2, 0.25) is 0 Å². The molecule has 2 nitrogen and oxygen atoms in total. The summed E-state index contributed by atoms with van der Waals surface area (Å²) in [4.78, 5) is 2.43. The molecule has 0 unspecified atom stereocenters. The first-order valence-electron chi connectivity index (χ1n) is 17.5. The van der Waals surface area contributed by atoms with Gasteiger partial charge in [-0.2, -0.15) is 0 Å². The fourth-order valence-corrected chi connectivity index (χ4v) is 8.53. The van der Waals surface area contributed by atoms with Gasteiger partial charge in [-0.25, -0.2) is 0 Å². The van der Waals surface area contributed by atoms with Gasteiger partial charge in [-0.3, -0.25) is 0 Å². The highest BCUT2D eigenvalue weighted by atomic mass is 15.1. The molecule has 1 aliphatic rings. The lowest BCUT2D eigenvalue weighted by atomic mass is 9.74. The number of benzene rings is 7. The van der Waals surface area contributed by atoms with E-state index < -0.39 is 0 Å². The fourth-order valence-electron chi connectivity index (χ4n) is 8.53. The third-order valence-corrected chi connectivity index (χ3v) is 10.9. The van der Waals surface area contributed by atoms with Gasteiger partial charge in [-0.05, 0) is 95.3 Å². The maximum Gasteiger partial charge on any atom is 0.0619 e. The summed E-state index contributed by atoms with van der Waals surface area (Å²) in [5.41, 5.74) is 15.1. The zero-order valence-electron chi connectivity index (χ0n) is 28.0. The van der Waals surface area contributed by atoms with Gasteiger partial charge < -0.3 is 9.47 Å². The number of rotatable bonds is 7. The highest BCUT2D eigenvalue weighted by Crippen LogP contribution is 2.54. The topological polar surface area (TPSA) is 8.17 Å². The molecule has 0 saturated carbocycles. The van der Waals surface area contributed by atoms with Gasteiger partial charge in [0.2, 0.25) is 0 Å². The van der Waals surface area contributed by atoms with Crippen LogP contribution in [-0.2, 0) is 5.41 Å². The number of nitrogens with zero attached hydrogens (tertiary/aromatic N) is 2. The molecule has 0 saturated heterocycles. The van der Waals surface area contributed by atoms with Crippen LogP contribution in [0.3, 0.4) is 0 Å². The van der Waals surface area contributed by atoms with Crippen LogP contribution in [0.25, 0.3) is 49.7 Å². The van der Waals surface area contributed by atoms with Gasteiger partial charge in [0, 0.05) is 44.5 Å². The van der Waals surface area contributed by atoms with E-state index in [1.165, 1.54) is 60.9 Å². The third-order valence-electron chi connectivity index (χ3n) is 10.9. The summed E-state index contributed by atoms with van der Waals surface area (Å²) in [5, 5.41) is 2.52. The quantitative estimate of drug-likeness (QED) is 0.170. The molecule has 0 bridgehead atoms. The van der Waals surface area contributed by atoms with E-state index >= 15 is 0 Å². The SMILES string of the molecule is CCC1(CC)c2ccccc2-c2ccc(N(c3ccccc3)c3cccc(-c4cccc5c6ccccc6n(-c6ccccc6)c45)c3)cc21. The summed E-state index contributed by atoms with van der Waals surface area (Å²) < 4.78 is 2.43. The second-order valence-corrected chi connectivity index (χ2v) is 13.2. The van der Waals surface area contributed by atoms with Crippen molar-refractivity contribution in [3.8, 4) is 27.9 Å². The Kier molecular flexibility index (Phi) is 6.98. The van der Waals surface area contributed by atoms with Crippen molar-refractivity contribution in [3.05, 3.63) is 181 Å². The Morgan fingerprint density at radius 3 is 1.90 bits per heavy atom. The molecule has 0 amide bonds. The maximum atomic E-state index is 2.47. The zero-order chi connectivity index (χ0) is 33.0. The summed E-state index contributed by atoms with van der Waals surface area (Å²) in [6.07, 6.45) is 2.13. The van der Waals surface area contributed by atoms with Crippen LogP contribution >= 0.6 is 0 Å². The normalized spacial score (nSPS) is 13.0. The second-order valence-electron chi connectivity index (χ2n) is 13.2. The third kappa shape index (κ3) is 4.48. The molecule has 0 fully saturated rings. The summed E-state index contributed by atoms with van der Waals surface area (Å²) in [6.45, 7) is 4.69. The standard InChI is InChI=1S/C47H38N2/c1-3-47(4-2)43-27-13-11-23-39(43)40-30-29-37(32-44(40)47)48(34-18-7-5-8-19-34)36-22-15-17-33(31-36)38-25-16-26-42-41-24-12-14-28-45(41)49(46(38)42)35-20-9-6-10-21-35/h5-32H,3-4H2,1-2H3. The summed E-state index contributed by atoms with van der Waals surface area (Å²) in [7, 11) is 0. The van der Waals surface area contributed by atoms with Crippen LogP contribution < -0.4 is 4.90 Å². The van der Waals surface area contributed by atoms with E-state index in [-0.39, 0.29) is 5.41 Å². The summed E-state index contributed by atoms with van der Waals surface area (Å²) in [5.74, 6) is 0. The van der Waals surface area contributed by atoms with Gasteiger partial charge in [-0.15, -0.1) is 0 Å². The van der Waals surface area contributed by atoms with Gasteiger partial charge in [-0.1, -0.05) is 129 Å². The second kappa shape index (κ2) is 11.7. The van der Waals surface area contributed by atoms with E-state index in [4.69, 9.17) is 0 Å². The largest absolute Gasteiger partial charge is 0.310 e. The van der Waals surface area contributed by atoms with E-state index in [9.17, 15) is 0 Å². The van der Waals surface area contributed by atoms with E-state index in [2.05, 4.69) is 193 Å². The molecular formula is C47H38N2. The highest BCUT2D eigenvalue weighted by molar-refractivity contribution is 6.14. The van der Waals surface area contributed by atoms with Crippen molar-refractivity contribution >= 4 is 38.9 Å². The summed E-state index contributed by atoms with van der Waals surface area (Å²) >= 11 is 0. The molecule has 7 aromatic carbocycles. The van der Waals surface area contributed by atoms with E-state index in [1.807, 2.05) is 0 Å². The molecule has 0 N–H and O–H groups in total. The molecule has 8 aromatic rings. The Morgan fingerprint density at radius 1 is 0.469 bits per heavy atom. The minimum Gasteiger partial charge on any atom is -0.310 e. The average Bonchev–Trinajstić information content (AvgIpc) is 3.66. The van der Waals surface area contributed by atoms with Gasteiger partial charge in [0.25, 0.3) is 0 Å². The van der Waals surface area contributed by atoms with E-state index in [1.54, 1.807) is 0 Å². The van der Waals surface area contributed by atoms with Crippen LogP contribution in [0.4, 0.5) is 17.1 Å². The van der Waals surface area contributed by atoms with Crippen LogP contribution in [0, 0.1) is 0 Å². The van der Waals surface area contributed by atoms with Gasteiger partial charge in [0.1, 0.15) is 0 Å². The van der Waals surface area contributed by atoms with Crippen molar-refractivity contribution in [2.75, 3.05) is 4.90 Å². The molecule has 9 rings (SSSR count). The number of hydrogen-bond donors (Lipinski definition) is 0. The van der Waals surface area contributed by atoms with Gasteiger partial charge in [0.05, 0.1) is 11.0 Å². The minimum absolute atomic E-state index is 0.00659. The molecule has 0 atom stereocenters. The van der Waals surface area contributed by atoms with E-state index in [0.717, 1.165) is 29.9 Å². The molecule has 0 radical (unpaired) electrons. The highest BCUT2D eigenvalue weighted by Gasteiger charge is 2.40.